The average Bonchev–Trinajstić information content (AvgIpc) is 2.49. The van der Waals surface area contributed by atoms with Crippen molar-refractivity contribution >= 4 is 17.5 Å². The first kappa shape index (κ1) is 17.7. The summed E-state index contributed by atoms with van der Waals surface area (Å²) in [5, 5.41) is 5.84. The summed E-state index contributed by atoms with van der Waals surface area (Å²) in [4.78, 5) is 24.5. The Balaban J connectivity index is 2.13. The Labute approximate surface area is 143 Å². The van der Waals surface area contributed by atoms with Crippen LogP contribution in [0.4, 0.5) is 5.69 Å². The molecule has 0 heterocycles. The van der Waals surface area contributed by atoms with Crippen LogP contribution < -0.4 is 10.6 Å². The lowest BCUT2D eigenvalue weighted by molar-refractivity contribution is 0.0918. The molecule has 0 bridgehead atoms. The van der Waals surface area contributed by atoms with Crippen LogP contribution in [0.1, 0.15) is 52.6 Å². The minimum atomic E-state index is -0.296. The van der Waals surface area contributed by atoms with Crippen molar-refractivity contribution in [3.8, 4) is 0 Å². The third-order valence-electron chi connectivity index (χ3n) is 3.62. The molecule has 0 spiro atoms. The lowest BCUT2D eigenvalue weighted by atomic mass is 10.1. The number of carbonyl (C=O) groups excluding carboxylic acids is 2. The van der Waals surface area contributed by atoms with Gasteiger partial charge >= 0.3 is 0 Å². The maximum Gasteiger partial charge on any atom is 0.255 e. The average molecular weight is 324 g/mol. The Bertz CT molecular complexity index is 736. The van der Waals surface area contributed by atoms with Crippen molar-refractivity contribution in [2.24, 2.45) is 0 Å². The summed E-state index contributed by atoms with van der Waals surface area (Å²) in [6.07, 6.45) is 0. The molecule has 0 atom stereocenters. The molecule has 4 nitrogen and oxygen atoms in total. The third kappa shape index (κ3) is 4.44. The van der Waals surface area contributed by atoms with Crippen LogP contribution in [-0.4, -0.2) is 17.4 Å². The van der Waals surface area contributed by atoms with Gasteiger partial charge < -0.3 is 10.6 Å². The monoisotopic (exact) mass is 324 g/mol. The van der Waals surface area contributed by atoms with E-state index in [1.54, 1.807) is 24.3 Å². The summed E-state index contributed by atoms with van der Waals surface area (Å²) in [5.41, 5.74) is 3.62. The molecule has 0 aliphatic rings. The molecular formula is C20H24N2O2. The van der Waals surface area contributed by atoms with E-state index in [9.17, 15) is 9.59 Å². The second-order valence-electron chi connectivity index (χ2n) is 7.00. The number of anilines is 1. The molecule has 0 unspecified atom stereocenters. The molecule has 0 saturated heterocycles. The van der Waals surface area contributed by atoms with Crippen molar-refractivity contribution in [3.63, 3.8) is 0 Å². The highest BCUT2D eigenvalue weighted by Crippen LogP contribution is 2.20. The SMILES string of the molecule is Cc1cccc(C)c1NC(=O)c1ccc(C(=O)NC(C)(C)C)cc1. The highest BCUT2D eigenvalue weighted by Gasteiger charge is 2.16. The van der Waals surface area contributed by atoms with Gasteiger partial charge in [-0.3, -0.25) is 9.59 Å². The van der Waals surface area contributed by atoms with Crippen LogP contribution in [-0.2, 0) is 0 Å². The zero-order valence-electron chi connectivity index (χ0n) is 14.9. The first-order chi connectivity index (χ1) is 11.2. The van der Waals surface area contributed by atoms with Gasteiger partial charge in [0.15, 0.2) is 0 Å². The number of amides is 2. The van der Waals surface area contributed by atoms with Crippen LogP contribution >= 0.6 is 0 Å². The predicted octanol–water partition coefficient (Wildman–Crippen LogP) is 4.08. The smallest absolute Gasteiger partial charge is 0.255 e. The molecule has 0 radical (unpaired) electrons. The van der Waals surface area contributed by atoms with Gasteiger partial charge in [0.05, 0.1) is 0 Å². The number of aryl methyl sites for hydroxylation is 2. The maximum absolute atomic E-state index is 12.4. The maximum atomic E-state index is 12.4. The van der Waals surface area contributed by atoms with E-state index in [1.807, 2.05) is 52.8 Å². The van der Waals surface area contributed by atoms with Gasteiger partial charge in [0.2, 0.25) is 0 Å². The van der Waals surface area contributed by atoms with E-state index in [0.29, 0.717) is 11.1 Å². The van der Waals surface area contributed by atoms with E-state index >= 15 is 0 Å². The highest BCUT2D eigenvalue weighted by atomic mass is 16.2. The number of para-hydroxylation sites is 1. The van der Waals surface area contributed by atoms with Crippen LogP contribution in [0.15, 0.2) is 42.5 Å². The number of hydrogen-bond donors (Lipinski definition) is 2. The van der Waals surface area contributed by atoms with Crippen molar-refractivity contribution < 1.29 is 9.59 Å². The van der Waals surface area contributed by atoms with E-state index in [0.717, 1.165) is 16.8 Å². The standard InChI is InChI=1S/C20H24N2O2/c1-13-7-6-8-14(2)17(13)21-18(23)15-9-11-16(12-10-15)19(24)22-20(3,4)5/h6-12H,1-5H3,(H,21,23)(H,22,24). The normalized spacial score (nSPS) is 11.0. The van der Waals surface area contributed by atoms with Gasteiger partial charge in [-0.05, 0) is 70.0 Å². The summed E-state index contributed by atoms with van der Waals surface area (Å²) in [6.45, 7) is 9.71. The van der Waals surface area contributed by atoms with Gasteiger partial charge in [0, 0.05) is 22.4 Å². The molecule has 2 N–H and O–H groups in total. The Morgan fingerprint density at radius 2 is 1.25 bits per heavy atom. The topological polar surface area (TPSA) is 58.2 Å². The van der Waals surface area contributed by atoms with Crippen molar-refractivity contribution in [2.45, 2.75) is 40.2 Å². The molecule has 0 saturated carbocycles. The van der Waals surface area contributed by atoms with Crippen molar-refractivity contribution in [1.82, 2.24) is 5.32 Å². The van der Waals surface area contributed by atoms with E-state index < -0.39 is 0 Å². The Hall–Kier alpha value is -2.62. The van der Waals surface area contributed by atoms with E-state index in [-0.39, 0.29) is 17.4 Å². The van der Waals surface area contributed by atoms with Crippen LogP contribution in [0.25, 0.3) is 0 Å². The molecule has 2 amide bonds. The Morgan fingerprint density at radius 1 is 0.792 bits per heavy atom. The quantitative estimate of drug-likeness (QED) is 0.893. The molecule has 0 fully saturated rings. The summed E-state index contributed by atoms with van der Waals surface area (Å²) in [5.74, 6) is -0.334. The minimum absolute atomic E-state index is 0.149. The van der Waals surface area contributed by atoms with Gasteiger partial charge in [-0.1, -0.05) is 18.2 Å². The molecule has 0 aliphatic heterocycles. The number of hydrogen-bond acceptors (Lipinski definition) is 2. The summed E-state index contributed by atoms with van der Waals surface area (Å²) < 4.78 is 0. The fourth-order valence-corrected chi connectivity index (χ4v) is 2.38. The lowest BCUT2D eigenvalue weighted by Crippen LogP contribution is -2.40. The highest BCUT2D eigenvalue weighted by molar-refractivity contribution is 6.05. The number of carbonyl (C=O) groups is 2. The summed E-state index contributed by atoms with van der Waals surface area (Å²) in [6, 6.07) is 12.6. The molecule has 126 valence electrons. The van der Waals surface area contributed by atoms with Crippen molar-refractivity contribution in [2.75, 3.05) is 5.32 Å². The van der Waals surface area contributed by atoms with Gasteiger partial charge in [0.1, 0.15) is 0 Å². The zero-order valence-corrected chi connectivity index (χ0v) is 14.9. The number of nitrogens with one attached hydrogen (secondary N) is 2. The van der Waals surface area contributed by atoms with Crippen molar-refractivity contribution in [1.29, 1.82) is 0 Å². The second-order valence-corrected chi connectivity index (χ2v) is 7.00. The molecule has 2 aromatic rings. The molecule has 24 heavy (non-hydrogen) atoms. The lowest BCUT2D eigenvalue weighted by Gasteiger charge is -2.20. The summed E-state index contributed by atoms with van der Waals surface area (Å²) >= 11 is 0. The molecular weight excluding hydrogens is 300 g/mol. The van der Waals surface area contributed by atoms with Crippen LogP contribution in [0.5, 0.6) is 0 Å². The zero-order chi connectivity index (χ0) is 17.9. The first-order valence-corrected chi connectivity index (χ1v) is 7.97. The van der Waals surface area contributed by atoms with E-state index in [1.165, 1.54) is 0 Å². The first-order valence-electron chi connectivity index (χ1n) is 7.97. The van der Waals surface area contributed by atoms with E-state index in [2.05, 4.69) is 10.6 Å². The van der Waals surface area contributed by atoms with Gasteiger partial charge in [0.25, 0.3) is 11.8 Å². The van der Waals surface area contributed by atoms with E-state index in [4.69, 9.17) is 0 Å². The van der Waals surface area contributed by atoms with Crippen LogP contribution in [0.3, 0.4) is 0 Å². The van der Waals surface area contributed by atoms with Crippen LogP contribution in [0.2, 0.25) is 0 Å². The fraction of sp³-hybridized carbons (Fsp3) is 0.300. The predicted molar refractivity (Wildman–Crippen MR) is 97.5 cm³/mol. The van der Waals surface area contributed by atoms with Gasteiger partial charge in [-0.25, -0.2) is 0 Å². The third-order valence-corrected chi connectivity index (χ3v) is 3.62. The minimum Gasteiger partial charge on any atom is -0.347 e. The second kappa shape index (κ2) is 6.87. The van der Waals surface area contributed by atoms with Gasteiger partial charge in [-0.15, -0.1) is 0 Å². The summed E-state index contributed by atoms with van der Waals surface area (Å²) in [7, 11) is 0. The Kier molecular flexibility index (Phi) is 5.07. The number of rotatable bonds is 3. The molecule has 4 heteroatoms. The Morgan fingerprint density at radius 3 is 1.71 bits per heavy atom. The molecule has 0 aromatic heterocycles. The molecule has 2 rings (SSSR count). The van der Waals surface area contributed by atoms with Gasteiger partial charge in [-0.2, -0.15) is 0 Å². The molecule has 0 aliphatic carbocycles. The molecule has 2 aromatic carbocycles. The largest absolute Gasteiger partial charge is 0.347 e. The number of benzene rings is 2. The fourth-order valence-electron chi connectivity index (χ4n) is 2.38. The van der Waals surface area contributed by atoms with Crippen LogP contribution in [0, 0.1) is 13.8 Å². The van der Waals surface area contributed by atoms with Crippen molar-refractivity contribution in [3.05, 3.63) is 64.7 Å².